The molecule has 8 heterocycles. The van der Waals surface area contributed by atoms with Crippen molar-refractivity contribution in [2.45, 2.75) is 61.9 Å². The smallest absolute Gasteiger partial charge is 0.660 e. The second kappa shape index (κ2) is 16.6. The third kappa shape index (κ3) is 7.91. The first-order chi connectivity index (χ1) is 24.0. The van der Waals surface area contributed by atoms with Gasteiger partial charge in [0.2, 0.25) is 6.80 Å². The van der Waals surface area contributed by atoms with Crippen molar-refractivity contribution < 1.29 is 106 Å². The number of nitrogens with one attached hydrogen (secondary N) is 2. The van der Waals surface area contributed by atoms with Gasteiger partial charge < -0.3 is 83.2 Å². The summed E-state index contributed by atoms with van der Waals surface area (Å²) < 4.78 is 65.4. The third-order valence-electron chi connectivity index (χ3n) is 8.86. The van der Waals surface area contributed by atoms with Crippen LogP contribution >= 0.6 is 13.6 Å². The quantitative estimate of drug-likeness (QED) is 0.0716. The van der Waals surface area contributed by atoms with Crippen molar-refractivity contribution in [3.63, 3.8) is 0 Å². The summed E-state index contributed by atoms with van der Waals surface area (Å²) >= 11 is 10.5. The number of nitrogens with two attached hydrogens (primary N) is 1. The standard InChI is InChI=1S/C26H34N10O10P2S2.2Na/c27-3-5-29-22-16-24(33-10-31-22)36(11-34-16)26-20-17(37)13(43-26)7-41-47(39,49)45-19-14(8-42-48(40,50)46-20)44-25(18(19)38)35-6-12-2-1-4-28-21-15(12)23(35)32-9-30-21;;/h6,9-11,13-14,17-20,25-26,37-38H,1-5,7-8,27H2,(H,39,49)(H,40,50)(H,28,30,32)(H,29,31,33);;/q;2*+1/p-2/t13-,14-,17-,18-,19-,20-,25-,26-,47?,48?;;/m1../s1. The number of imidazole rings is 1. The molecule has 4 aliphatic rings. The van der Waals surface area contributed by atoms with Crippen LogP contribution in [-0.4, -0.2) is 114 Å². The normalized spacial score (nSPS) is 34.9. The maximum atomic E-state index is 13.7. The van der Waals surface area contributed by atoms with Gasteiger partial charge in [0, 0.05) is 25.8 Å². The molecule has 6 N–H and O–H groups in total. The first-order valence-electron chi connectivity index (χ1n) is 15.7. The molecule has 10 atom stereocenters. The van der Waals surface area contributed by atoms with Crippen molar-refractivity contribution in [2.75, 3.05) is 43.5 Å². The number of aromatic nitrogens is 7. The van der Waals surface area contributed by atoms with Gasteiger partial charge in [0.25, 0.3) is 0 Å². The molecule has 26 heteroatoms. The van der Waals surface area contributed by atoms with Crippen molar-refractivity contribution >= 4 is 71.9 Å². The molecular weight excluding hydrogens is 784 g/mol. The summed E-state index contributed by atoms with van der Waals surface area (Å²) in [5.74, 6) is 1.06. The summed E-state index contributed by atoms with van der Waals surface area (Å²) in [5, 5.41) is 30.0. The Bertz CT molecular complexity index is 2020. The number of nitrogens with zero attached hydrogens (tertiary/aromatic N) is 7. The Morgan fingerprint density at radius 3 is 2.37 bits per heavy atom. The average Bonchev–Trinajstić information content (AvgIpc) is 3.79. The van der Waals surface area contributed by atoms with Crippen LogP contribution in [0.15, 0.2) is 25.2 Å². The molecule has 0 saturated carbocycles. The largest absolute Gasteiger partial charge is 1.00 e. The van der Waals surface area contributed by atoms with Crippen LogP contribution in [0.25, 0.3) is 22.2 Å². The fourth-order valence-electron chi connectivity index (χ4n) is 6.62. The first kappa shape index (κ1) is 41.2. The maximum absolute atomic E-state index is 13.7. The number of aliphatic hydroxyl groups excluding tert-OH is 2. The van der Waals surface area contributed by atoms with Gasteiger partial charge in [-0.25, -0.2) is 24.9 Å². The molecule has 2 bridgehead atoms. The molecule has 3 saturated heterocycles. The van der Waals surface area contributed by atoms with Crippen LogP contribution in [0, 0.1) is 0 Å². The minimum atomic E-state index is -4.43. The van der Waals surface area contributed by atoms with E-state index in [1.165, 1.54) is 23.5 Å². The monoisotopic (exact) mass is 816 g/mol. The van der Waals surface area contributed by atoms with Gasteiger partial charge in [-0.2, -0.15) is 0 Å². The Morgan fingerprint density at radius 2 is 1.60 bits per heavy atom. The van der Waals surface area contributed by atoms with Crippen molar-refractivity contribution in [1.82, 2.24) is 34.1 Å². The van der Waals surface area contributed by atoms with E-state index in [0.717, 1.165) is 30.3 Å². The van der Waals surface area contributed by atoms with E-state index < -0.39 is 75.9 Å². The van der Waals surface area contributed by atoms with Crippen LogP contribution in [0.4, 0.5) is 11.6 Å². The molecule has 4 aromatic heterocycles. The Balaban J connectivity index is 0.00000232. The zero-order chi connectivity index (χ0) is 34.8. The number of ether oxygens (including phenoxy) is 2. The zero-order valence-electron chi connectivity index (χ0n) is 28.0. The molecule has 0 aromatic carbocycles. The van der Waals surface area contributed by atoms with E-state index in [0.29, 0.717) is 35.9 Å². The summed E-state index contributed by atoms with van der Waals surface area (Å²) in [4.78, 5) is 21.7. The summed E-state index contributed by atoms with van der Waals surface area (Å²) in [6, 6.07) is 0. The first-order valence-corrected chi connectivity index (χ1v) is 20.8. The zero-order valence-corrected chi connectivity index (χ0v) is 35.4. The van der Waals surface area contributed by atoms with E-state index >= 15 is 0 Å². The number of anilines is 2. The van der Waals surface area contributed by atoms with Gasteiger partial charge in [0.15, 0.2) is 36.2 Å². The number of hydrogen-bond donors (Lipinski definition) is 5. The Morgan fingerprint density at radius 1 is 0.904 bits per heavy atom. The van der Waals surface area contributed by atoms with Crippen LogP contribution in [0.1, 0.15) is 24.4 Å². The van der Waals surface area contributed by atoms with Crippen molar-refractivity contribution in [2.24, 2.45) is 5.73 Å². The van der Waals surface area contributed by atoms with E-state index in [1.54, 1.807) is 4.57 Å². The molecule has 0 spiro atoms. The summed E-state index contributed by atoms with van der Waals surface area (Å²) in [7, 11) is 0. The number of hydrogen-bond acceptors (Lipinski definition) is 20. The molecule has 0 radical (unpaired) electrons. The van der Waals surface area contributed by atoms with E-state index in [4.69, 9.17) is 57.8 Å². The summed E-state index contributed by atoms with van der Waals surface area (Å²) in [6.07, 6.45) is -3.09. The average molecular weight is 817 g/mol. The molecule has 4 aliphatic heterocycles. The number of fused-ring (bicyclic) bond motifs is 4. The maximum Gasteiger partial charge on any atom is 1.00 e. The van der Waals surface area contributed by atoms with Crippen LogP contribution in [-0.2, 0) is 67.6 Å². The Kier molecular flexibility index (Phi) is 13.1. The van der Waals surface area contributed by atoms with E-state index in [-0.39, 0.29) is 64.8 Å². The van der Waals surface area contributed by atoms with Crippen LogP contribution in [0.5, 0.6) is 0 Å². The van der Waals surface area contributed by atoms with Crippen molar-refractivity contribution in [1.29, 1.82) is 0 Å². The van der Waals surface area contributed by atoms with Gasteiger partial charge in [-0.15, -0.1) is 0 Å². The van der Waals surface area contributed by atoms with Gasteiger partial charge in [-0.05, 0) is 18.4 Å². The second-order valence-electron chi connectivity index (χ2n) is 12.0. The number of rotatable bonds is 5. The molecule has 4 aromatic rings. The third-order valence-corrected chi connectivity index (χ3v) is 11.9. The molecule has 20 nitrogen and oxygen atoms in total. The molecule has 3 fully saturated rings. The van der Waals surface area contributed by atoms with Gasteiger partial charge in [-0.1, -0.05) is 0 Å². The molecule has 270 valence electrons. The summed E-state index contributed by atoms with van der Waals surface area (Å²) in [5.41, 5.74) is 7.70. The number of aliphatic hydroxyl groups is 2. The summed E-state index contributed by atoms with van der Waals surface area (Å²) in [6.45, 7) is -8.42. The SMILES string of the molecule is NCCNc1ncnc2c1ncn2[C@@H]1O[C@@H]2COP(=O)([S-])O[C@H]3[C@@H](O)[C@H](n4cc5c6c(ncnc64)NCCC5)O[C@@H]3COP(=O)([S-])O[C@@H]1[C@@H]2O.[Na+].[Na+]. The van der Waals surface area contributed by atoms with Crippen LogP contribution in [0.3, 0.4) is 0 Å². The molecule has 2 unspecified atom stereocenters. The second-order valence-corrected chi connectivity index (χ2v) is 17.4. The molecule has 0 aliphatic carbocycles. The van der Waals surface area contributed by atoms with Gasteiger partial charge in [0.1, 0.15) is 60.7 Å². The number of aryl methyl sites for hydroxylation is 1. The predicted molar refractivity (Wildman–Crippen MR) is 179 cm³/mol. The molecule has 52 heavy (non-hydrogen) atoms. The van der Waals surface area contributed by atoms with E-state index in [1.807, 2.05) is 6.20 Å². The molecule has 0 amide bonds. The Labute approximate surface area is 351 Å². The van der Waals surface area contributed by atoms with E-state index in [9.17, 15) is 19.3 Å². The molecular formula is C26H32N10Na2O10P2S2. The van der Waals surface area contributed by atoms with Crippen LogP contribution < -0.4 is 75.5 Å². The molecule has 8 rings (SSSR count). The van der Waals surface area contributed by atoms with Crippen molar-refractivity contribution in [3.8, 4) is 0 Å². The fourth-order valence-corrected chi connectivity index (χ4v) is 9.45. The van der Waals surface area contributed by atoms with Gasteiger partial charge >= 0.3 is 59.1 Å². The minimum absolute atomic E-state index is 0. The van der Waals surface area contributed by atoms with Gasteiger partial charge in [-0.3, -0.25) is 13.7 Å². The topological polar surface area (TPSA) is 254 Å². The van der Waals surface area contributed by atoms with Crippen molar-refractivity contribution in [3.05, 3.63) is 30.7 Å². The fraction of sp³-hybridized carbons (Fsp3) is 0.577. The van der Waals surface area contributed by atoms with Gasteiger partial charge in [0.05, 0.1) is 24.9 Å². The predicted octanol–water partition coefficient (Wildman–Crippen LogP) is -5.35. The van der Waals surface area contributed by atoms with Crippen LogP contribution in [0.2, 0.25) is 0 Å². The minimum Gasteiger partial charge on any atom is -0.660 e. The van der Waals surface area contributed by atoms with E-state index in [2.05, 4.69) is 35.6 Å². The Hall–Kier alpha value is -0.430.